The number of ether oxygens (including phenoxy) is 4. The lowest BCUT2D eigenvalue weighted by molar-refractivity contribution is -0.115. The van der Waals surface area contributed by atoms with Crippen LogP contribution in [0.25, 0.3) is 16.7 Å². The third-order valence-corrected chi connectivity index (χ3v) is 8.67. The molecule has 52 heavy (non-hydrogen) atoms. The topological polar surface area (TPSA) is 107 Å². The number of amides is 1. The molecule has 3 aromatic carbocycles. The number of rotatable bonds is 10. The lowest BCUT2D eigenvalue weighted by Gasteiger charge is -2.13. The summed E-state index contributed by atoms with van der Waals surface area (Å²) in [7, 11) is 4.94. The van der Waals surface area contributed by atoms with Gasteiger partial charge in [-0.3, -0.25) is 4.79 Å². The van der Waals surface area contributed by atoms with Gasteiger partial charge in [0.1, 0.15) is 17.2 Å². The molecule has 260 valence electrons. The Balaban J connectivity index is 1.37. The number of carbonyl (C=O) groups excluding carboxylic acids is 1. The molecule has 2 N–H and O–H groups in total. The van der Waals surface area contributed by atoms with Gasteiger partial charge in [0, 0.05) is 40.3 Å². The molecule has 0 fully saturated rings. The first kappa shape index (κ1) is 33.9. The summed E-state index contributed by atoms with van der Waals surface area (Å²) in [6, 6.07) is 27.7. The van der Waals surface area contributed by atoms with Crippen molar-refractivity contribution in [3.63, 3.8) is 0 Å². The highest BCUT2D eigenvalue weighted by Gasteiger charge is 2.24. The molecule has 3 aliphatic rings. The summed E-state index contributed by atoms with van der Waals surface area (Å²) in [5, 5.41) is 2.97. The number of methoxy groups -OCH3 is 3. The Morgan fingerprint density at radius 2 is 1.04 bits per heavy atom. The fourth-order valence-corrected chi connectivity index (χ4v) is 6.24. The van der Waals surface area contributed by atoms with Crippen molar-refractivity contribution in [1.82, 2.24) is 10.3 Å². The van der Waals surface area contributed by atoms with Crippen LogP contribution in [0, 0.1) is 0 Å². The Bertz CT molecular complexity index is 2260. The van der Waals surface area contributed by atoms with E-state index in [2.05, 4.69) is 22.4 Å². The molecule has 0 saturated carbocycles. The monoisotopic (exact) mass is 690 g/mol. The summed E-state index contributed by atoms with van der Waals surface area (Å²) in [4.78, 5) is 26.0. The van der Waals surface area contributed by atoms with Gasteiger partial charge in [-0.25, -0.2) is 9.98 Å². The van der Waals surface area contributed by atoms with E-state index in [1.54, 1.807) is 27.4 Å². The Hall–Kier alpha value is -6.61. The van der Waals surface area contributed by atoms with Crippen molar-refractivity contribution in [3.05, 3.63) is 167 Å². The predicted octanol–water partition coefficient (Wildman–Crippen LogP) is 8.06. The minimum absolute atomic E-state index is 0.00490. The molecule has 1 aromatic heterocycles. The summed E-state index contributed by atoms with van der Waals surface area (Å²) in [6.45, 7) is 3.96. The van der Waals surface area contributed by atoms with E-state index in [4.69, 9.17) is 28.9 Å². The summed E-state index contributed by atoms with van der Waals surface area (Å²) in [6.07, 6.45) is 11.1. The third-order valence-electron chi connectivity index (χ3n) is 8.67. The number of carbonyl (C=O) groups is 1. The number of H-pyrrole nitrogens is 1. The van der Waals surface area contributed by atoms with E-state index < -0.39 is 0 Å². The number of nitrogens with zero attached hydrogens (tertiary/aromatic N) is 2. The maximum Gasteiger partial charge on any atom is 0.248 e. The molecule has 0 unspecified atom stereocenters. The number of nitrogens with one attached hydrogen (secondary N) is 2. The number of aromatic amines is 1. The van der Waals surface area contributed by atoms with Crippen molar-refractivity contribution in [2.75, 3.05) is 21.3 Å². The second-order valence-electron chi connectivity index (χ2n) is 12.4. The van der Waals surface area contributed by atoms with Crippen LogP contribution in [-0.2, 0) is 9.53 Å². The first-order chi connectivity index (χ1) is 25.3. The largest absolute Gasteiger partial charge is 0.497 e. The Kier molecular flexibility index (Phi) is 9.58. The van der Waals surface area contributed by atoms with E-state index in [1.165, 1.54) is 6.08 Å². The highest BCUT2D eigenvalue weighted by Crippen LogP contribution is 2.37. The summed E-state index contributed by atoms with van der Waals surface area (Å²) in [5.74, 6) is 2.64. The minimum atomic E-state index is -0.177. The van der Waals surface area contributed by atoms with Gasteiger partial charge in [-0.2, -0.15) is 0 Å². The molecule has 0 atom stereocenters. The van der Waals surface area contributed by atoms with Gasteiger partial charge in [-0.05, 0) is 103 Å². The van der Waals surface area contributed by atoms with E-state index in [0.717, 1.165) is 73.4 Å². The van der Waals surface area contributed by atoms with Gasteiger partial charge in [0.05, 0.1) is 50.2 Å². The summed E-state index contributed by atoms with van der Waals surface area (Å²) < 4.78 is 22.3. The minimum Gasteiger partial charge on any atom is -0.497 e. The lowest BCUT2D eigenvalue weighted by Crippen LogP contribution is -2.16. The third kappa shape index (κ3) is 7.02. The van der Waals surface area contributed by atoms with Crippen LogP contribution < -0.4 is 19.5 Å². The second kappa shape index (κ2) is 14.7. The van der Waals surface area contributed by atoms with E-state index >= 15 is 0 Å². The van der Waals surface area contributed by atoms with Gasteiger partial charge in [-0.15, -0.1) is 0 Å². The first-order valence-corrected chi connectivity index (χ1v) is 16.9. The summed E-state index contributed by atoms with van der Waals surface area (Å²) in [5.41, 5.74) is 10.0. The van der Waals surface area contributed by atoms with E-state index in [1.807, 2.05) is 111 Å². The first-order valence-electron chi connectivity index (χ1n) is 16.9. The van der Waals surface area contributed by atoms with Crippen molar-refractivity contribution in [3.8, 4) is 17.2 Å². The molecule has 9 nitrogen and oxygen atoms in total. The Morgan fingerprint density at radius 1 is 0.558 bits per heavy atom. The number of benzene rings is 3. The van der Waals surface area contributed by atoms with Crippen molar-refractivity contribution in [2.45, 2.75) is 20.0 Å². The van der Waals surface area contributed by atoms with Crippen LogP contribution in [0.3, 0.4) is 0 Å². The molecule has 1 amide bonds. The number of hydrogen-bond donors (Lipinski definition) is 2. The molecule has 4 aromatic rings. The average Bonchev–Trinajstić information content (AvgIpc) is 4.00. The average molecular weight is 691 g/mol. The van der Waals surface area contributed by atoms with Gasteiger partial charge in [-0.1, -0.05) is 36.4 Å². The van der Waals surface area contributed by atoms with Crippen LogP contribution in [-0.4, -0.2) is 49.9 Å². The quantitative estimate of drug-likeness (QED) is 0.175. The Labute approximate surface area is 302 Å². The maximum atomic E-state index is 12.3. The van der Waals surface area contributed by atoms with Gasteiger partial charge >= 0.3 is 0 Å². The lowest BCUT2D eigenvalue weighted by atomic mass is 9.98. The van der Waals surface area contributed by atoms with Crippen molar-refractivity contribution < 1.29 is 23.7 Å². The molecule has 0 spiro atoms. The second-order valence-corrected chi connectivity index (χ2v) is 12.4. The molecule has 7 rings (SSSR count). The van der Waals surface area contributed by atoms with Gasteiger partial charge < -0.3 is 29.2 Å². The van der Waals surface area contributed by atoms with Crippen LogP contribution in [0.2, 0.25) is 0 Å². The van der Waals surface area contributed by atoms with Gasteiger partial charge in [0.2, 0.25) is 11.8 Å². The molecule has 0 bridgehead atoms. The number of aliphatic imine (C=N–C) groups is 2. The number of hydrogen-bond acceptors (Lipinski definition) is 7. The van der Waals surface area contributed by atoms with Crippen LogP contribution >= 0.6 is 0 Å². The zero-order valence-electron chi connectivity index (χ0n) is 29.6. The van der Waals surface area contributed by atoms with Crippen LogP contribution in [0.1, 0.15) is 41.9 Å². The molecular formula is C43H38N4O5. The van der Waals surface area contributed by atoms with Crippen molar-refractivity contribution in [1.29, 1.82) is 0 Å². The van der Waals surface area contributed by atoms with Crippen molar-refractivity contribution >= 4 is 34.2 Å². The predicted molar refractivity (Wildman–Crippen MR) is 205 cm³/mol. The van der Waals surface area contributed by atoms with Crippen LogP contribution in [0.4, 0.5) is 0 Å². The molecule has 0 saturated heterocycles. The van der Waals surface area contributed by atoms with E-state index in [0.29, 0.717) is 17.3 Å². The highest BCUT2D eigenvalue weighted by atomic mass is 16.5. The molecular weight excluding hydrogens is 652 g/mol. The van der Waals surface area contributed by atoms with Gasteiger partial charge in [0.15, 0.2) is 0 Å². The normalized spacial score (nSPS) is 17.6. The fraction of sp³-hybridized carbons (Fsp3) is 0.140. The molecule has 0 aliphatic carbocycles. The van der Waals surface area contributed by atoms with Gasteiger partial charge in [0.25, 0.3) is 0 Å². The van der Waals surface area contributed by atoms with Crippen molar-refractivity contribution in [2.24, 2.45) is 9.98 Å². The Morgan fingerprint density at radius 3 is 1.50 bits per heavy atom. The van der Waals surface area contributed by atoms with E-state index in [-0.39, 0.29) is 12.0 Å². The zero-order valence-corrected chi connectivity index (χ0v) is 29.6. The smallest absolute Gasteiger partial charge is 0.248 e. The SMILES string of the molecule is COc1ccc(/C(C2=N/C(=C(/c3ccc(OC)cc3)c3ccc(/C(=C4/C=CC(OC(C)C)=N4)c4ccc(OC)cc4)[nH]3)C=C2)=C2\C=CC(=O)N2)cc1. The zero-order chi connectivity index (χ0) is 36.2. The van der Waals surface area contributed by atoms with Crippen LogP contribution in [0.15, 0.2) is 148 Å². The molecule has 0 radical (unpaired) electrons. The van der Waals surface area contributed by atoms with E-state index in [9.17, 15) is 4.79 Å². The fourth-order valence-electron chi connectivity index (χ4n) is 6.24. The molecule has 9 heteroatoms. The summed E-state index contributed by atoms with van der Waals surface area (Å²) >= 11 is 0. The molecule has 4 heterocycles. The standard InChI is InChI=1S/C43H38N4O5/c1-26(2)52-40-25-23-38(47-40)43(29-10-16-32(51-5)17-11-29)36-21-19-34(45-36)41(27-6-12-30(49-3)13-7-27)33-18-20-35(44-33)42(37-22-24-39(48)46-37)28-8-14-31(50-4)15-9-28/h6-26,45H,1-5H3,(H,46,48)/b41-33-,42-37-,43-38-. The number of allylic oxidation sites excluding steroid dienone is 5. The molecule has 3 aliphatic heterocycles. The highest BCUT2D eigenvalue weighted by molar-refractivity contribution is 6.32. The van der Waals surface area contributed by atoms with Crippen LogP contribution in [0.5, 0.6) is 17.2 Å². The number of aromatic nitrogens is 1. The maximum absolute atomic E-state index is 12.3.